The standard InChI is InChI=1S/C18H18N2O3S2/c1-3-9-19-13-8-5-4-7-12(13)14(16(19)21)15-17(22)20(18(24)25-15)10-6-11-23-2/h3-5,7-8H,1,6,9-11H2,2H3. The van der Waals surface area contributed by atoms with Gasteiger partial charge in [-0.05, 0) is 12.5 Å². The second-order valence-electron chi connectivity index (χ2n) is 5.60. The van der Waals surface area contributed by atoms with E-state index < -0.39 is 0 Å². The summed E-state index contributed by atoms with van der Waals surface area (Å²) in [6, 6.07) is 7.48. The van der Waals surface area contributed by atoms with Crippen LogP contribution in [0, 0.1) is 0 Å². The minimum absolute atomic E-state index is 0.182. The van der Waals surface area contributed by atoms with E-state index >= 15 is 0 Å². The average Bonchev–Trinajstić information content (AvgIpc) is 3.03. The minimum Gasteiger partial charge on any atom is -0.385 e. The number of fused-ring (bicyclic) bond motifs is 1. The van der Waals surface area contributed by atoms with Crippen LogP contribution in [0.15, 0.2) is 41.8 Å². The van der Waals surface area contributed by atoms with Crippen molar-refractivity contribution in [2.45, 2.75) is 6.42 Å². The van der Waals surface area contributed by atoms with Crippen LogP contribution in [0.1, 0.15) is 12.0 Å². The molecule has 0 unspecified atom stereocenters. The fourth-order valence-corrected chi connectivity index (χ4v) is 4.30. The zero-order chi connectivity index (χ0) is 18.0. The van der Waals surface area contributed by atoms with Crippen LogP contribution in [0.2, 0.25) is 0 Å². The van der Waals surface area contributed by atoms with Crippen LogP contribution in [-0.4, -0.2) is 47.8 Å². The van der Waals surface area contributed by atoms with Gasteiger partial charge in [0.15, 0.2) is 0 Å². The van der Waals surface area contributed by atoms with E-state index in [1.807, 2.05) is 24.3 Å². The number of para-hydroxylation sites is 1. The number of amides is 2. The summed E-state index contributed by atoms with van der Waals surface area (Å²) < 4.78 is 5.52. The van der Waals surface area contributed by atoms with E-state index in [9.17, 15) is 9.59 Å². The first-order valence-electron chi connectivity index (χ1n) is 7.89. The summed E-state index contributed by atoms with van der Waals surface area (Å²) in [5.41, 5.74) is 2.00. The molecule has 1 aromatic rings. The summed E-state index contributed by atoms with van der Waals surface area (Å²) in [6.45, 7) is 5.15. The molecule has 1 aromatic carbocycles. The van der Waals surface area contributed by atoms with Crippen LogP contribution in [0.3, 0.4) is 0 Å². The molecular formula is C18H18N2O3S2. The van der Waals surface area contributed by atoms with Crippen LogP contribution in [0.25, 0.3) is 5.57 Å². The number of carbonyl (C=O) groups is 2. The fourth-order valence-electron chi connectivity index (χ4n) is 2.92. The molecule has 0 N–H and O–H groups in total. The lowest BCUT2D eigenvalue weighted by molar-refractivity contribution is -0.122. The molecule has 25 heavy (non-hydrogen) atoms. The van der Waals surface area contributed by atoms with Crippen LogP contribution >= 0.6 is 24.0 Å². The second kappa shape index (κ2) is 7.51. The predicted octanol–water partition coefficient (Wildman–Crippen LogP) is 2.83. The van der Waals surface area contributed by atoms with Gasteiger partial charge >= 0.3 is 0 Å². The van der Waals surface area contributed by atoms with E-state index in [0.29, 0.717) is 40.9 Å². The number of hydrogen-bond acceptors (Lipinski definition) is 5. The van der Waals surface area contributed by atoms with Crippen molar-refractivity contribution in [1.29, 1.82) is 0 Å². The minimum atomic E-state index is -0.204. The zero-order valence-corrected chi connectivity index (χ0v) is 15.5. The Morgan fingerprint density at radius 2 is 2.00 bits per heavy atom. The Morgan fingerprint density at radius 1 is 1.24 bits per heavy atom. The number of hydrogen-bond donors (Lipinski definition) is 0. The Kier molecular flexibility index (Phi) is 5.36. The van der Waals surface area contributed by atoms with E-state index in [1.54, 1.807) is 23.0 Å². The third-order valence-electron chi connectivity index (χ3n) is 4.04. The molecule has 2 aliphatic heterocycles. The topological polar surface area (TPSA) is 49.9 Å². The lowest BCUT2D eigenvalue weighted by Gasteiger charge is -2.14. The van der Waals surface area contributed by atoms with Gasteiger partial charge in [0.2, 0.25) is 0 Å². The number of carbonyl (C=O) groups excluding carboxylic acids is 2. The quantitative estimate of drug-likeness (QED) is 0.332. The van der Waals surface area contributed by atoms with E-state index in [1.165, 1.54) is 11.8 Å². The third kappa shape index (κ3) is 3.15. The molecule has 1 fully saturated rings. The molecule has 130 valence electrons. The average molecular weight is 374 g/mol. The van der Waals surface area contributed by atoms with E-state index in [-0.39, 0.29) is 11.8 Å². The molecule has 1 saturated heterocycles. The summed E-state index contributed by atoms with van der Waals surface area (Å²) >= 11 is 6.55. The molecule has 2 amide bonds. The van der Waals surface area contributed by atoms with Gasteiger partial charge in [-0.15, -0.1) is 6.58 Å². The number of nitrogens with zero attached hydrogens (tertiary/aromatic N) is 2. The number of thioether (sulfide) groups is 1. The SMILES string of the molecule is C=CCN1C(=O)C(=C2SC(=S)N(CCCOC)C2=O)c2ccccc21. The highest BCUT2D eigenvalue weighted by Gasteiger charge is 2.41. The van der Waals surface area contributed by atoms with E-state index in [4.69, 9.17) is 17.0 Å². The van der Waals surface area contributed by atoms with Crippen LogP contribution in [0.4, 0.5) is 5.69 Å². The molecule has 0 saturated carbocycles. The molecule has 7 heteroatoms. The second-order valence-corrected chi connectivity index (χ2v) is 7.24. The molecule has 3 rings (SSSR count). The summed E-state index contributed by atoms with van der Waals surface area (Å²) in [7, 11) is 1.62. The Hall–Kier alpha value is -1.96. The van der Waals surface area contributed by atoms with Crippen molar-refractivity contribution in [1.82, 2.24) is 4.90 Å². The maximum absolute atomic E-state index is 12.9. The van der Waals surface area contributed by atoms with Gasteiger partial charge in [-0.3, -0.25) is 14.5 Å². The van der Waals surface area contributed by atoms with Crippen molar-refractivity contribution in [3.05, 3.63) is 47.4 Å². The summed E-state index contributed by atoms with van der Waals surface area (Å²) in [5, 5.41) is 0. The lowest BCUT2D eigenvalue weighted by Crippen LogP contribution is -2.30. The number of rotatable bonds is 6. The first-order valence-corrected chi connectivity index (χ1v) is 9.11. The smallest absolute Gasteiger partial charge is 0.267 e. The fraction of sp³-hybridized carbons (Fsp3) is 0.278. The third-order valence-corrected chi connectivity index (χ3v) is 5.49. The van der Waals surface area contributed by atoms with Gasteiger partial charge in [0.05, 0.1) is 16.2 Å². The highest BCUT2D eigenvalue weighted by molar-refractivity contribution is 8.26. The number of thiocarbonyl (C=S) groups is 1. The van der Waals surface area contributed by atoms with Gasteiger partial charge in [0.1, 0.15) is 4.32 Å². The molecule has 5 nitrogen and oxygen atoms in total. The van der Waals surface area contributed by atoms with E-state index in [0.717, 1.165) is 11.3 Å². The molecule has 2 heterocycles. The normalized spacial score (nSPS) is 19.8. The summed E-state index contributed by atoms with van der Waals surface area (Å²) in [6.07, 6.45) is 2.37. The number of benzene rings is 1. The molecule has 0 aliphatic carbocycles. The maximum atomic E-state index is 12.9. The molecular weight excluding hydrogens is 356 g/mol. The van der Waals surface area contributed by atoms with Gasteiger partial charge in [-0.1, -0.05) is 48.3 Å². The van der Waals surface area contributed by atoms with E-state index in [2.05, 4.69) is 6.58 Å². The van der Waals surface area contributed by atoms with Gasteiger partial charge in [-0.25, -0.2) is 0 Å². The largest absolute Gasteiger partial charge is 0.385 e. The monoisotopic (exact) mass is 374 g/mol. The lowest BCUT2D eigenvalue weighted by atomic mass is 10.1. The van der Waals surface area contributed by atoms with Crippen LogP contribution in [0.5, 0.6) is 0 Å². The van der Waals surface area contributed by atoms with Crippen molar-refractivity contribution in [2.24, 2.45) is 0 Å². The number of methoxy groups -OCH3 is 1. The van der Waals surface area contributed by atoms with Gasteiger partial charge in [-0.2, -0.15) is 0 Å². The van der Waals surface area contributed by atoms with Crippen molar-refractivity contribution in [2.75, 3.05) is 31.7 Å². The van der Waals surface area contributed by atoms with Crippen molar-refractivity contribution < 1.29 is 14.3 Å². The van der Waals surface area contributed by atoms with Crippen molar-refractivity contribution in [3.8, 4) is 0 Å². The van der Waals surface area contributed by atoms with Gasteiger partial charge < -0.3 is 9.64 Å². The highest BCUT2D eigenvalue weighted by atomic mass is 32.2. The first-order chi connectivity index (χ1) is 12.1. The summed E-state index contributed by atoms with van der Waals surface area (Å²) in [4.78, 5) is 29.4. The Balaban J connectivity index is 2.00. The van der Waals surface area contributed by atoms with Crippen molar-refractivity contribution >= 4 is 51.4 Å². The summed E-state index contributed by atoms with van der Waals surface area (Å²) in [5.74, 6) is -0.386. The molecule has 0 bridgehead atoms. The Labute approximate surface area is 156 Å². The molecule has 0 aromatic heterocycles. The van der Waals surface area contributed by atoms with Crippen LogP contribution < -0.4 is 4.90 Å². The Bertz CT molecular complexity index is 788. The zero-order valence-electron chi connectivity index (χ0n) is 13.9. The van der Waals surface area contributed by atoms with Gasteiger partial charge in [0.25, 0.3) is 11.8 Å². The number of ether oxygens (including phenoxy) is 1. The maximum Gasteiger partial charge on any atom is 0.267 e. The molecule has 2 aliphatic rings. The Morgan fingerprint density at radius 3 is 2.72 bits per heavy atom. The predicted molar refractivity (Wildman–Crippen MR) is 104 cm³/mol. The highest BCUT2D eigenvalue weighted by Crippen LogP contribution is 2.44. The molecule has 0 atom stereocenters. The number of anilines is 1. The molecule has 0 spiro atoms. The van der Waals surface area contributed by atoms with Crippen molar-refractivity contribution in [3.63, 3.8) is 0 Å². The van der Waals surface area contributed by atoms with Gasteiger partial charge in [0, 0.05) is 32.4 Å². The first kappa shape index (κ1) is 17.8. The van der Waals surface area contributed by atoms with Crippen LogP contribution in [-0.2, 0) is 14.3 Å². The molecule has 0 radical (unpaired) electrons.